The highest BCUT2D eigenvalue weighted by Gasteiger charge is 2.32. The third-order valence-electron chi connectivity index (χ3n) is 2.25. The highest BCUT2D eigenvalue weighted by atomic mass is 32.1. The van der Waals surface area contributed by atoms with Crippen molar-refractivity contribution in [1.29, 1.82) is 0 Å². The average Bonchev–Trinajstić information content (AvgIpc) is 2.30. The van der Waals surface area contributed by atoms with Crippen LogP contribution in [0.2, 0.25) is 0 Å². The van der Waals surface area contributed by atoms with E-state index in [1.54, 1.807) is 0 Å². The molecule has 0 aromatic heterocycles. The lowest BCUT2D eigenvalue weighted by Gasteiger charge is -2.21. The topological polar surface area (TPSA) is 69.7 Å². The summed E-state index contributed by atoms with van der Waals surface area (Å²) in [7, 11) is 0. The number of aliphatic hydroxyl groups is 2. The van der Waals surface area contributed by atoms with E-state index >= 15 is 0 Å². The van der Waals surface area contributed by atoms with E-state index in [0.717, 1.165) is 0 Å². The first-order valence-corrected chi connectivity index (χ1v) is 4.32. The summed E-state index contributed by atoms with van der Waals surface area (Å²) in [6, 6.07) is -0.0493. The minimum Gasteiger partial charge on any atom is -0.392 e. The van der Waals surface area contributed by atoms with Crippen molar-refractivity contribution in [3.63, 3.8) is 0 Å². The first-order valence-electron chi connectivity index (χ1n) is 3.92. The molecule has 0 aliphatic carbocycles. The zero-order chi connectivity index (χ0) is 9.30. The Morgan fingerprint density at radius 3 is 2.25 bits per heavy atom. The number of likely N-dealkylation sites (tertiary alicyclic amines) is 1. The van der Waals surface area contributed by atoms with Gasteiger partial charge in [0.25, 0.3) is 0 Å². The fraction of sp³-hybridized carbons (Fsp3) is 0.857. The minimum absolute atomic E-state index is 0.0493. The van der Waals surface area contributed by atoms with Crippen molar-refractivity contribution >= 4 is 17.2 Å². The van der Waals surface area contributed by atoms with Crippen LogP contribution in [0.4, 0.5) is 0 Å². The number of nitrogens with zero attached hydrogens (tertiary/aromatic N) is 1. The molecule has 0 radical (unpaired) electrons. The van der Waals surface area contributed by atoms with Crippen LogP contribution >= 0.6 is 12.2 Å². The molecule has 1 aliphatic heterocycles. The smallest absolute Gasteiger partial charge is 0.0938 e. The molecule has 12 heavy (non-hydrogen) atoms. The van der Waals surface area contributed by atoms with Gasteiger partial charge in [0.05, 0.1) is 23.2 Å². The minimum atomic E-state index is -0.665. The molecule has 3 unspecified atom stereocenters. The molecule has 70 valence electrons. The summed E-state index contributed by atoms with van der Waals surface area (Å²) in [6.45, 7) is 2.76. The molecule has 1 fully saturated rings. The zero-order valence-electron chi connectivity index (χ0n) is 6.97. The molecule has 0 amide bonds. The number of hydrogen-bond acceptors (Lipinski definition) is 4. The van der Waals surface area contributed by atoms with Crippen LogP contribution in [0, 0.1) is 0 Å². The Morgan fingerprint density at radius 2 is 1.92 bits per heavy atom. The largest absolute Gasteiger partial charge is 0.392 e. The Kier molecular flexibility index (Phi) is 3.00. The van der Waals surface area contributed by atoms with Gasteiger partial charge in [-0.05, 0) is 6.92 Å². The highest BCUT2D eigenvalue weighted by Crippen LogP contribution is 2.13. The fourth-order valence-corrected chi connectivity index (χ4v) is 1.44. The highest BCUT2D eigenvalue weighted by molar-refractivity contribution is 7.80. The third-order valence-corrected chi connectivity index (χ3v) is 2.59. The van der Waals surface area contributed by atoms with E-state index in [4.69, 9.17) is 18.0 Å². The molecule has 3 atom stereocenters. The van der Waals surface area contributed by atoms with Crippen LogP contribution in [0.3, 0.4) is 0 Å². The predicted octanol–water partition coefficient (Wildman–Crippen LogP) is -1.30. The second-order valence-corrected chi connectivity index (χ2v) is 3.64. The van der Waals surface area contributed by atoms with Crippen molar-refractivity contribution in [2.75, 3.05) is 13.1 Å². The first-order chi connectivity index (χ1) is 5.52. The van der Waals surface area contributed by atoms with Crippen molar-refractivity contribution in [3.8, 4) is 0 Å². The van der Waals surface area contributed by atoms with Crippen LogP contribution in [-0.2, 0) is 0 Å². The van der Waals surface area contributed by atoms with Gasteiger partial charge in [0.2, 0.25) is 0 Å². The van der Waals surface area contributed by atoms with Gasteiger partial charge in [-0.3, -0.25) is 4.90 Å². The SMILES string of the molecule is CC(C(N)=S)N1CC(O)C(O)C1. The number of β-amino-alcohol motifs (C(OH)–C–C–N with tert-alkyl or cyclic N) is 2. The van der Waals surface area contributed by atoms with Gasteiger partial charge in [-0.15, -0.1) is 0 Å². The fourth-order valence-electron chi connectivity index (χ4n) is 1.29. The standard InChI is InChI=1S/C7H14N2O2S/c1-4(7(8)12)9-2-5(10)6(11)3-9/h4-6,10-11H,2-3H2,1H3,(H2,8,12). The maximum absolute atomic E-state index is 9.22. The van der Waals surface area contributed by atoms with Gasteiger partial charge in [0, 0.05) is 13.1 Å². The molecule has 5 heteroatoms. The molecular weight excluding hydrogens is 176 g/mol. The zero-order valence-corrected chi connectivity index (χ0v) is 7.79. The summed E-state index contributed by atoms with van der Waals surface area (Å²) in [6.07, 6.45) is -1.33. The molecule has 1 saturated heterocycles. The van der Waals surface area contributed by atoms with Gasteiger partial charge >= 0.3 is 0 Å². The van der Waals surface area contributed by atoms with Gasteiger partial charge in [-0.2, -0.15) is 0 Å². The van der Waals surface area contributed by atoms with Crippen molar-refractivity contribution < 1.29 is 10.2 Å². The third kappa shape index (κ3) is 1.92. The molecule has 1 aliphatic rings. The number of aliphatic hydroxyl groups excluding tert-OH is 2. The van der Waals surface area contributed by atoms with E-state index in [-0.39, 0.29) is 6.04 Å². The molecule has 4 nitrogen and oxygen atoms in total. The number of nitrogens with two attached hydrogens (primary N) is 1. The van der Waals surface area contributed by atoms with E-state index in [2.05, 4.69) is 0 Å². The Morgan fingerprint density at radius 1 is 1.50 bits per heavy atom. The molecule has 0 saturated carbocycles. The maximum atomic E-state index is 9.22. The van der Waals surface area contributed by atoms with Crippen LogP contribution < -0.4 is 5.73 Å². The summed E-state index contributed by atoms with van der Waals surface area (Å²) < 4.78 is 0. The summed E-state index contributed by atoms with van der Waals surface area (Å²) >= 11 is 4.80. The Balaban J connectivity index is 2.51. The van der Waals surface area contributed by atoms with E-state index in [9.17, 15) is 10.2 Å². The van der Waals surface area contributed by atoms with E-state index in [0.29, 0.717) is 18.1 Å². The molecule has 4 N–H and O–H groups in total. The molecular formula is C7H14N2O2S. The van der Waals surface area contributed by atoms with E-state index < -0.39 is 12.2 Å². The van der Waals surface area contributed by atoms with Gasteiger partial charge in [-0.1, -0.05) is 12.2 Å². The Hall–Kier alpha value is -0.230. The van der Waals surface area contributed by atoms with Crippen molar-refractivity contribution in [3.05, 3.63) is 0 Å². The molecule has 0 aromatic rings. The van der Waals surface area contributed by atoms with Crippen molar-refractivity contribution in [2.24, 2.45) is 5.73 Å². The summed E-state index contributed by atoms with van der Waals surface area (Å²) in [4.78, 5) is 2.27. The van der Waals surface area contributed by atoms with Gasteiger partial charge < -0.3 is 15.9 Å². The maximum Gasteiger partial charge on any atom is 0.0938 e. The number of hydrogen-bond donors (Lipinski definition) is 3. The molecule has 1 rings (SSSR count). The predicted molar refractivity (Wildman–Crippen MR) is 49.8 cm³/mol. The van der Waals surface area contributed by atoms with Crippen LogP contribution in [0.1, 0.15) is 6.92 Å². The Bertz CT molecular complexity index is 178. The second kappa shape index (κ2) is 3.66. The molecule has 1 heterocycles. The van der Waals surface area contributed by atoms with Gasteiger partial charge in [0.15, 0.2) is 0 Å². The van der Waals surface area contributed by atoms with Crippen molar-refractivity contribution in [2.45, 2.75) is 25.2 Å². The lowest BCUT2D eigenvalue weighted by Crippen LogP contribution is -2.40. The first kappa shape index (κ1) is 9.85. The summed E-state index contributed by atoms with van der Waals surface area (Å²) in [5, 5.41) is 18.4. The van der Waals surface area contributed by atoms with Gasteiger partial charge in [0.1, 0.15) is 0 Å². The van der Waals surface area contributed by atoms with Crippen LogP contribution in [-0.4, -0.2) is 51.4 Å². The van der Waals surface area contributed by atoms with Crippen LogP contribution in [0.5, 0.6) is 0 Å². The normalized spacial score (nSPS) is 33.6. The van der Waals surface area contributed by atoms with Crippen LogP contribution in [0.15, 0.2) is 0 Å². The number of thiocarbonyl (C=S) groups is 1. The Labute approximate surface area is 77.0 Å². The lowest BCUT2D eigenvalue weighted by molar-refractivity contribution is 0.0572. The second-order valence-electron chi connectivity index (χ2n) is 3.17. The van der Waals surface area contributed by atoms with Crippen LogP contribution in [0.25, 0.3) is 0 Å². The summed E-state index contributed by atoms with van der Waals surface area (Å²) in [5.41, 5.74) is 5.43. The van der Waals surface area contributed by atoms with E-state index in [1.165, 1.54) is 0 Å². The van der Waals surface area contributed by atoms with Gasteiger partial charge in [-0.25, -0.2) is 0 Å². The number of rotatable bonds is 2. The molecule has 0 spiro atoms. The molecule has 0 aromatic carbocycles. The van der Waals surface area contributed by atoms with E-state index in [1.807, 2.05) is 11.8 Å². The quantitative estimate of drug-likeness (QED) is 0.472. The lowest BCUT2D eigenvalue weighted by atomic mass is 10.3. The van der Waals surface area contributed by atoms with Crippen molar-refractivity contribution in [1.82, 2.24) is 4.90 Å². The molecule has 0 bridgehead atoms. The monoisotopic (exact) mass is 190 g/mol. The summed E-state index contributed by atoms with van der Waals surface area (Å²) in [5.74, 6) is 0. The average molecular weight is 190 g/mol.